The van der Waals surface area contributed by atoms with Crippen LogP contribution in [0.1, 0.15) is 21.5 Å². The van der Waals surface area contributed by atoms with Gasteiger partial charge in [0.15, 0.2) is 0 Å². The molecule has 1 fully saturated rings. The second-order valence-corrected chi connectivity index (χ2v) is 11.3. The molecule has 31 heavy (non-hydrogen) atoms. The van der Waals surface area contributed by atoms with Crippen LogP contribution in [0.4, 0.5) is 0 Å². The van der Waals surface area contributed by atoms with Crippen molar-refractivity contribution in [3.63, 3.8) is 0 Å². The summed E-state index contributed by atoms with van der Waals surface area (Å²) in [5.41, 5.74) is 1.94. The Hall–Kier alpha value is -1.87. The first-order chi connectivity index (χ1) is 14.7. The summed E-state index contributed by atoms with van der Waals surface area (Å²) in [6.07, 6.45) is 0. The van der Waals surface area contributed by atoms with Gasteiger partial charge in [0.05, 0.1) is 4.90 Å². The van der Waals surface area contributed by atoms with E-state index in [9.17, 15) is 13.2 Å². The van der Waals surface area contributed by atoms with Gasteiger partial charge in [-0.15, -0.1) is 11.8 Å². The molecule has 1 amide bonds. The SMILES string of the molecule is Cc1cc(C(=O)N2CCN(CCSc3ccccc3)CC2)cc(S(=O)(=O)N(C)C)c1C. The number of nitrogens with zero attached hydrogens (tertiary/aromatic N) is 3. The molecule has 1 aliphatic heterocycles. The Morgan fingerprint density at radius 2 is 1.68 bits per heavy atom. The largest absolute Gasteiger partial charge is 0.336 e. The molecule has 6 nitrogen and oxygen atoms in total. The van der Waals surface area contributed by atoms with Crippen molar-refractivity contribution in [2.45, 2.75) is 23.6 Å². The Labute approximate surface area is 190 Å². The van der Waals surface area contributed by atoms with E-state index in [4.69, 9.17) is 0 Å². The predicted molar refractivity (Wildman–Crippen MR) is 126 cm³/mol. The standard InChI is InChI=1S/C23H31N3O3S2/c1-18-16-20(17-22(19(18)2)31(28,29)24(3)4)23(27)26-12-10-25(11-13-26)14-15-30-21-8-6-5-7-9-21/h5-9,16-17H,10-15H2,1-4H3. The fourth-order valence-electron chi connectivity index (χ4n) is 3.58. The molecule has 168 valence electrons. The first-order valence-electron chi connectivity index (χ1n) is 10.4. The van der Waals surface area contributed by atoms with Crippen LogP contribution in [-0.4, -0.2) is 81.0 Å². The molecule has 0 saturated carbocycles. The average Bonchev–Trinajstić information content (AvgIpc) is 2.76. The molecule has 1 aliphatic rings. The van der Waals surface area contributed by atoms with E-state index >= 15 is 0 Å². The maximum absolute atomic E-state index is 13.1. The van der Waals surface area contributed by atoms with Gasteiger partial charge in [0.25, 0.3) is 5.91 Å². The highest BCUT2D eigenvalue weighted by atomic mass is 32.2. The first kappa shape index (κ1) is 23.8. The molecule has 2 aromatic carbocycles. The Balaban J connectivity index is 1.61. The van der Waals surface area contributed by atoms with Gasteiger partial charge in [-0.25, -0.2) is 12.7 Å². The number of hydrogen-bond donors (Lipinski definition) is 0. The highest BCUT2D eigenvalue weighted by Gasteiger charge is 2.26. The average molecular weight is 462 g/mol. The van der Waals surface area contributed by atoms with E-state index in [0.717, 1.165) is 31.0 Å². The monoisotopic (exact) mass is 461 g/mol. The quantitative estimate of drug-likeness (QED) is 0.593. The molecule has 1 saturated heterocycles. The van der Waals surface area contributed by atoms with Crippen molar-refractivity contribution in [2.24, 2.45) is 0 Å². The molecule has 1 heterocycles. The number of rotatable bonds is 7. The minimum Gasteiger partial charge on any atom is -0.336 e. The molecule has 0 bridgehead atoms. The Kier molecular flexibility index (Phi) is 7.80. The summed E-state index contributed by atoms with van der Waals surface area (Å²) in [7, 11) is -0.591. The second kappa shape index (κ2) is 10.2. The molecule has 0 radical (unpaired) electrons. The highest BCUT2D eigenvalue weighted by molar-refractivity contribution is 7.99. The van der Waals surface area contributed by atoms with E-state index in [1.165, 1.54) is 29.4 Å². The lowest BCUT2D eigenvalue weighted by Crippen LogP contribution is -2.49. The lowest BCUT2D eigenvalue weighted by atomic mass is 10.0. The lowest BCUT2D eigenvalue weighted by Gasteiger charge is -2.35. The number of thioether (sulfide) groups is 1. The number of carbonyl (C=O) groups is 1. The molecule has 0 aliphatic carbocycles. The lowest BCUT2D eigenvalue weighted by molar-refractivity contribution is 0.0644. The minimum absolute atomic E-state index is 0.100. The highest BCUT2D eigenvalue weighted by Crippen LogP contribution is 2.24. The van der Waals surface area contributed by atoms with Gasteiger partial charge in [0.2, 0.25) is 10.0 Å². The molecule has 2 aromatic rings. The van der Waals surface area contributed by atoms with E-state index in [1.807, 2.05) is 29.7 Å². The minimum atomic E-state index is -3.61. The molecule has 0 unspecified atom stereocenters. The summed E-state index contributed by atoms with van der Waals surface area (Å²) >= 11 is 1.84. The number of sulfonamides is 1. The van der Waals surface area contributed by atoms with E-state index in [0.29, 0.717) is 24.2 Å². The van der Waals surface area contributed by atoms with Crippen LogP contribution in [0.3, 0.4) is 0 Å². The van der Waals surface area contributed by atoms with Gasteiger partial charge in [-0.3, -0.25) is 9.69 Å². The van der Waals surface area contributed by atoms with Crippen LogP contribution in [0.2, 0.25) is 0 Å². The van der Waals surface area contributed by atoms with Crippen LogP contribution < -0.4 is 0 Å². The molecule has 0 spiro atoms. The molecule has 8 heteroatoms. The second-order valence-electron chi connectivity index (χ2n) is 8.00. The van der Waals surface area contributed by atoms with Gasteiger partial charge in [0.1, 0.15) is 0 Å². The third kappa shape index (κ3) is 5.68. The van der Waals surface area contributed by atoms with Crippen LogP contribution in [-0.2, 0) is 10.0 Å². The van der Waals surface area contributed by atoms with Crippen molar-refractivity contribution in [2.75, 3.05) is 52.6 Å². The zero-order valence-electron chi connectivity index (χ0n) is 18.7. The zero-order valence-corrected chi connectivity index (χ0v) is 20.3. The van der Waals surface area contributed by atoms with E-state index in [2.05, 4.69) is 29.2 Å². The van der Waals surface area contributed by atoms with Crippen molar-refractivity contribution in [1.29, 1.82) is 0 Å². The number of carbonyl (C=O) groups excluding carboxylic acids is 1. The molecule has 0 atom stereocenters. The third-order valence-corrected chi connectivity index (χ3v) is 8.64. The fraction of sp³-hybridized carbons (Fsp3) is 0.435. The van der Waals surface area contributed by atoms with Crippen molar-refractivity contribution < 1.29 is 13.2 Å². The summed E-state index contributed by atoms with van der Waals surface area (Å²) in [6, 6.07) is 13.7. The van der Waals surface area contributed by atoms with Crippen LogP contribution in [0.5, 0.6) is 0 Å². The molecule has 0 N–H and O–H groups in total. The van der Waals surface area contributed by atoms with Gasteiger partial charge in [-0.05, 0) is 49.2 Å². The summed E-state index contributed by atoms with van der Waals surface area (Å²) < 4.78 is 26.6. The maximum Gasteiger partial charge on any atom is 0.253 e. The van der Waals surface area contributed by atoms with Crippen LogP contribution in [0.25, 0.3) is 0 Å². The number of aryl methyl sites for hydroxylation is 1. The Morgan fingerprint density at radius 3 is 2.29 bits per heavy atom. The van der Waals surface area contributed by atoms with E-state index in [1.54, 1.807) is 13.0 Å². The number of benzene rings is 2. The summed E-state index contributed by atoms with van der Waals surface area (Å²) in [4.78, 5) is 18.8. The smallest absolute Gasteiger partial charge is 0.253 e. The van der Waals surface area contributed by atoms with Crippen molar-refractivity contribution in [3.8, 4) is 0 Å². The Bertz CT molecular complexity index is 1020. The van der Waals surface area contributed by atoms with Gasteiger partial charge in [-0.1, -0.05) is 18.2 Å². The summed E-state index contributed by atoms with van der Waals surface area (Å²) in [5, 5.41) is 0. The van der Waals surface area contributed by atoms with Gasteiger partial charge >= 0.3 is 0 Å². The van der Waals surface area contributed by atoms with Crippen LogP contribution in [0.15, 0.2) is 52.3 Å². The summed E-state index contributed by atoms with van der Waals surface area (Å²) in [5.74, 6) is 0.914. The topological polar surface area (TPSA) is 60.9 Å². The Morgan fingerprint density at radius 1 is 1.03 bits per heavy atom. The third-order valence-electron chi connectivity index (χ3n) is 5.70. The van der Waals surface area contributed by atoms with Crippen molar-refractivity contribution in [1.82, 2.24) is 14.1 Å². The molecule has 0 aromatic heterocycles. The van der Waals surface area contributed by atoms with E-state index < -0.39 is 10.0 Å². The number of amides is 1. The zero-order chi connectivity index (χ0) is 22.6. The van der Waals surface area contributed by atoms with E-state index in [-0.39, 0.29) is 10.8 Å². The predicted octanol–water partition coefficient (Wildman–Crippen LogP) is 3.10. The summed E-state index contributed by atoms with van der Waals surface area (Å²) in [6.45, 7) is 7.57. The molecule has 3 rings (SSSR count). The maximum atomic E-state index is 13.1. The van der Waals surface area contributed by atoms with Crippen LogP contribution >= 0.6 is 11.8 Å². The number of piperazine rings is 1. The van der Waals surface area contributed by atoms with Gasteiger partial charge < -0.3 is 4.90 Å². The normalized spacial score (nSPS) is 15.5. The fourth-order valence-corrected chi connectivity index (χ4v) is 5.73. The van der Waals surface area contributed by atoms with Crippen molar-refractivity contribution >= 4 is 27.7 Å². The van der Waals surface area contributed by atoms with Gasteiger partial charge in [0, 0.05) is 63.0 Å². The molecular formula is C23H31N3O3S2. The number of hydrogen-bond acceptors (Lipinski definition) is 5. The first-order valence-corrected chi connectivity index (χ1v) is 12.9. The van der Waals surface area contributed by atoms with Gasteiger partial charge in [-0.2, -0.15) is 0 Å². The molecular weight excluding hydrogens is 430 g/mol. The van der Waals surface area contributed by atoms with Crippen molar-refractivity contribution in [3.05, 3.63) is 59.2 Å². The van der Waals surface area contributed by atoms with Crippen LogP contribution in [0, 0.1) is 13.8 Å².